The smallest absolute Gasteiger partial charge is 0.261 e. The van der Waals surface area contributed by atoms with Gasteiger partial charge in [-0.1, -0.05) is 0 Å². The number of hydrogen-bond acceptors (Lipinski definition) is 9. The number of benzene rings is 1. The van der Waals surface area contributed by atoms with E-state index in [-0.39, 0.29) is 5.91 Å². The summed E-state index contributed by atoms with van der Waals surface area (Å²) in [6.45, 7) is 5.88. The molecule has 10 heteroatoms. The molecule has 3 rings (SSSR count). The summed E-state index contributed by atoms with van der Waals surface area (Å²) in [5.41, 5.74) is 6.34. The number of nitrogens with one attached hydrogen (secondary N) is 1. The first kappa shape index (κ1) is 25.5. The third-order valence-electron chi connectivity index (χ3n) is 4.49. The van der Waals surface area contributed by atoms with E-state index in [1.165, 1.54) is 11.3 Å². The average Bonchev–Trinajstić information content (AvgIpc) is 3.47. The van der Waals surface area contributed by atoms with Crippen LogP contribution in [0.5, 0.6) is 5.75 Å². The van der Waals surface area contributed by atoms with Gasteiger partial charge in [-0.25, -0.2) is 0 Å². The van der Waals surface area contributed by atoms with Crippen LogP contribution in [0, 0.1) is 0 Å². The van der Waals surface area contributed by atoms with Gasteiger partial charge in [0.1, 0.15) is 17.4 Å². The maximum Gasteiger partial charge on any atom is 0.261 e. The van der Waals surface area contributed by atoms with Gasteiger partial charge in [0.25, 0.3) is 5.91 Å². The van der Waals surface area contributed by atoms with Crippen LogP contribution in [0.2, 0.25) is 0 Å². The Bertz CT molecular complexity index is 888. The first-order chi connectivity index (χ1) is 16.1. The fourth-order valence-electron chi connectivity index (χ4n) is 2.83. The zero-order valence-electron chi connectivity index (χ0n) is 18.8. The Morgan fingerprint density at radius 2 is 1.67 bits per heavy atom. The summed E-state index contributed by atoms with van der Waals surface area (Å²) in [5.74, 6) is 1.69. The fraction of sp³-hybridized carbons (Fsp3) is 0.478. The third-order valence-corrected chi connectivity index (χ3v) is 6.96. The minimum Gasteiger partial charge on any atom is -0.491 e. The second-order valence-corrected chi connectivity index (χ2v) is 9.36. The Balaban J connectivity index is 1.12. The van der Waals surface area contributed by atoms with Crippen LogP contribution >= 0.6 is 23.1 Å². The molecule has 0 fully saturated rings. The summed E-state index contributed by atoms with van der Waals surface area (Å²) in [6.07, 6.45) is 0. The van der Waals surface area contributed by atoms with Crippen LogP contribution in [0.15, 0.2) is 41.4 Å². The van der Waals surface area contributed by atoms with Crippen molar-refractivity contribution in [2.45, 2.75) is 13.0 Å². The number of carbonyl (C=O) groups is 1. The van der Waals surface area contributed by atoms with Gasteiger partial charge in [0.05, 0.1) is 55.4 Å². The van der Waals surface area contributed by atoms with E-state index in [0.29, 0.717) is 69.4 Å². The maximum absolute atomic E-state index is 12.3. The highest BCUT2D eigenvalue weighted by atomic mass is 32.2. The van der Waals surface area contributed by atoms with Crippen molar-refractivity contribution in [1.82, 2.24) is 5.32 Å². The van der Waals surface area contributed by atoms with Gasteiger partial charge in [0.15, 0.2) is 0 Å². The second-order valence-electron chi connectivity index (χ2n) is 7.27. The molecule has 0 saturated carbocycles. The molecule has 2 heterocycles. The second kappa shape index (κ2) is 14.2. The predicted molar refractivity (Wildman–Crippen MR) is 134 cm³/mol. The number of carbonyl (C=O) groups excluding carboxylic acids is 1. The topological polar surface area (TPSA) is 104 Å². The summed E-state index contributed by atoms with van der Waals surface area (Å²) in [7, 11) is 0. The standard InChI is InChI=1S/C23H31N3O5S2/c1-17-16-32-23(26-17)21-7-6-20(33-21)22(27)25-8-9-28-10-11-29-12-13-30-14-15-31-19-4-2-18(24)3-5-19/h2-7,17H,8-16,24H2,1H3,(H,25,27)/t17-/m1/s1. The lowest BCUT2D eigenvalue weighted by molar-refractivity contribution is 0.00988. The Morgan fingerprint density at radius 3 is 2.33 bits per heavy atom. The highest BCUT2D eigenvalue weighted by Gasteiger charge is 2.18. The van der Waals surface area contributed by atoms with E-state index in [0.717, 1.165) is 21.4 Å². The number of hydrogen-bond donors (Lipinski definition) is 2. The summed E-state index contributed by atoms with van der Waals surface area (Å²) in [4.78, 5) is 18.6. The Labute approximate surface area is 202 Å². The lowest BCUT2D eigenvalue weighted by Gasteiger charge is -2.08. The number of nitrogens with zero attached hydrogens (tertiary/aromatic N) is 1. The van der Waals surface area contributed by atoms with E-state index in [2.05, 4.69) is 17.2 Å². The number of anilines is 1. The molecule has 1 amide bonds. The zero-order valence-corrected chi connectivity index (χ0v) is 20.4. The molecule has 0 bridgehead atoms. The van der Waals surface area contributed by atoms with Crippen molar-refractivity contribution in [1.29, 1.82) is 0 Å². The van der Waals surface area contributed by atoms with Crippen molar-refractivity contribution in [3.63, 3.8) is 0 Å². The average molecular weight is 494 g/mol. The minimum absolute atomic E-state index is 0.0831. The predicted octanol–water partition coefficient (Wildman–Crippen LogP) is 3.07. The highest BCUT2D eigenvalue weighted by molar-refractivity contribution is 8.15. The van der Waals surface area contributed by atoms with Gasteiger partial charge in [-0.15, -0.1) is 23.1 Å². The van der Waals surface area contributed by atoms with Crippen LogP contribution < -0.4 is 15.8 Å². The monoisotopic (exact) mass is 493 g/mol. The third kappa shape index (κ3) is 9.34. The molecule has 33 heavy (non-hydrogen) atoms. The number of aliphatic imine (C=N–C) groups is 1. The number of thiophene rings is 1. The molecule has 0 aliphatic carbocycles. The van der Waals surface area contributed by atoms with Crippen molar-refractivity contribution in [3.8, 4) is 5.75 Å². The lowest BCUT2D eigenvalue weighted by Crippen LogP contribution is -2.27. The van der Waals surface area contributed by atoms with Crippen molar-refractivity contribution >= 4 is 39.7 Å². The van der Waals surface area contributed by atoms with Crippen molar-refractivity contribution in [2.24, 2.45) is 4.99 Å². The molecule has 1 aromatic heterocycles. The zero-order chi connectivity index (χ0) is 23.3. The Kier molecular flexibility index (Phi) is 11.0. The van der Waals surface area contributed by atoms with E-state index in [1.54, 1.807) is 23.9 Å². The lowest BCUT2D eigenvalue weighted by atomic mass is 10.3. The molecule has 0 spiro atoms. The normalized spacial score (nSPS) is 15.4. The molecule has 0 unspecified atom stereocenters. The van der Waals surface area contributed by atoms with Gasteiger partial charge in [-0.05, 0) is 43.3 Å². The summed E-state index contributed by atoms with van der Waals surface area (Å²) in [5, 5.41) is 3.91. The molecule has 0 radical (unpaired) electrons. The molecule has 8 nitrogen and oxygen atoms in total. The van der Waals surface area contributed by atoms with E-state index in [1.807, 2.05) is 24.3 Å². The van der Waals surface area contributed by atoms with Gasteiger partial charge in [-0.3, -0.25) is 9.79 Å². The first-order valence-corrected chi connectivity index (χ1v) is 12.7. The molecule has 180 valence electrons. The molecule has 3 N–H and O–H groups in total. The van der Waals surface area contributed by atoms with Crippen LogP contribution in [0.4, 0.5) is 5.69 Å². The fourth-order valence-corrected chi connectivity index (χ4v) is 4.89. The molecule has 1 atom stereocenters. The maximum atomic E-state index is 12.3. The van der Waals surface area contributed by atoms with Gasteiger partial charge in [0, 0.05) is 18.0 Å². The van der Waals surface area contributed by atoms with Crippen LogP contribution in [-0.4, -0.2) is 75.5 Å². The number of thioether (sulfide) groups is 1. The van der Waals surface area contributed by atoms with Crippen LogP contribution in [0.3, 0.4) is 0 Å². The molecule has 1 aromatic carbocycles. The molecule has 1 aliphatic rings. The van der Waals surface area contributed by atoms with Gasteiger partial charge in [0.2, 0.25) is 0 Å². The number of rotatable bonds is 15. The summed E-state index contributed by atoms with van der Waals surface area (Å²) < 4.78 is 22.0. The van der Waals surface area contributed by atoms with Crippen molar-refractivity contribution in [2.75, 3.05) is 64.3 Å². The molecular weight excluding hydrogens is 462 g/mol. The largest absolute Gasteiger partial charge is 0.491 e. The van der Waals surface area contributed by atoms with E-state index in [4.69, 9.17) is 24.7 Å². The highest BCUT2D eigenvalue weighted by Crippen LogP contribution is 2.28. The Morgan fingerprint density at radius 1 is 1.00 bits per heavy atom. The molecule has 2 aromatic rings. The van der Waals surface area contributed by atoms with E-state index in [9.17, 15) is 4.79 Å². The van der Waals surface area contributed by atoms with Crippen molar-refractivity contribution < 1.29 is 23.7 Å². The van der Waals surface area contributed by atoms with E-state index < -0.39 is 0 Å². The molecular formula is C23H31N3O5S2. The first-order valence-electron chi connectivity index (χ1n) is 10.9. The number of amides is 1. The number of nitrogens with two attached hydrogens (primary N) is 1. The summed E-state index contributed by atoms with van der Waals surface area (Å²) >= 11 is 3.22. The Hall–Kier alpha value is -2.11. The van der Waals surface area contributed by atoms with Gasteiger partial charge < -0.3 is 30.0 Å². The molecule has 1 aliphatic heterocycles. The van der Waals surface area contributed by atoms with E-state index >= 15 is 0 Å². The summed E-state index contributed by atoms with van der Waals surface area (Å²) in [6, 6.07) is 11.4. The number of ether oxygens (including phenoxy) is 4. The van der Waals surface area contributed by atoms with Gasteiger partial charge in [-0.2, -0.15) is 0 Å². The minimum atomic E-state index is -0.0831. The van der Waals surface area contributed by atoms with Crippen molar-refractivity contribution in [3.05, 3.63) is 46.2 Å². The quantitative estimate of drug-likeness (QED) is 0.290. The van der Waals surface area contributed by atoms with Crippen LogP contribution in [-0.2, 0) is 14.2 Å². The number of nitrogen functional groups attached to an aromatic ring is 1. The molecule has 0 saturated heterocycles. The SMILES string of the molecule is C[C@@H]1CSC(c2ccc(C(=O)NCCOCCOCCOCCOc3ccc(N)cc3)s2)=N1. The van der Waals surface area contributed by atoms with Gasteiger partial charge >= 0.3 is 0 Å². The van der Waals surface area contributed by atoms with Crippen LogP contribution in [0.1, 0.15) is 21.5 Å². The van der Waals surface area contributed by atoms with Crippen LogP contribution in [0.25, 0.3) is 0 Å².